The molecule has 2 heterocycles. The minimum absolute atomic E-state index is 0.317. The Kier molecular flexibility index (Phi) is 4.66. The predicted octanol–water partition coefficient (Wildman–Crippen LogP) is 3.46. The van der Waals surface area contributed by atoms with E-state index in [0.717, 1.165) is 10.5 Å². The Morgan fingerprint density at radius 2 is 1.28 bits per heavy atom. The summed E-state index contributed by atoms with van der Waals surface area (Å²) in [5, 5.41) is 0. The number of anilines is 1. The Morgan fingerprint density at radius 3 is 1.88 bits per heavy atom. The highest BCUT2D eigenvalue weighted by Gasteiger charge is 2.57. The van der Waals surface area contributed by atoms with E-state index in [4.69, 9.17) is 9.47 Å². The summed E-state index contributed by atoms with van der Waals surface area (Å²) >= 11 is 0. The van der Waals surface area contributed by atoms with Crippen molar-refractivity contribution < 1.29 is 23.9 Å². The minimum atomic E-state index is -0.948. The molecule has 5 rings (SSSR count). The Bertz CT molecular complexity index is 1200. The summed E-state index contributed by atoms with van der Waals surface area (Å²) in [6.07, 6.45) is 0. The first-order chi connectivity index (χ1) is 15.5. The SMILES string of the molecule is COc1ccc(N2C(=O)[C@H](N3C(=O)c4ccccc4C3=O)[C@H]2c2cccc(OC)c2)cc1. The van der Waals surface area contributed by atoms with Gasteiger partial charge in [0.15, 0.2) is 0 Å². The van der Waals surface area contributed by atoms with Crippen LogP contribution in [0.2, 0.25) is 0 Å². The molecule has 32 heavy (non-hydrogen) atoms. The van der Waals surface area contributed by atoms with Crippen LogP contribution in [0.25, 0.3) is 0 Å². The van der Waals surface area contributed by atoms with Gasteiger partial charge >= 0.3 is 0 Å². The van der Waals surface area contributed by atoms with E-state index >= 15 is 0 Å². The maximum atomic E-state index is 13.4. The lowest BCUT2D eigenvalue weighted by Gasteiger charge is -2.49. The molecule has 0 N–H and O–H groups in total. The third kappa shape index (κ3) is 2.85. The number of imide groups is 1. The van der Waals surface area contributed by atoms with Crippen LogP contribution in [-0.2, 0) is 4.79 Å². The van der Waals surface area contributed by atoms with E-state index in [2.05, 4.69) is 0 Å². The van der Waals surface area contributed by atoms with Crippen LogP contribution in [0.3, 0.4) is 0 Å². The molecule has 0 radical (unpaired) electrons. The van der Waals surface area contributed by atoms with Crippen molar-refractivity contribution in [3.8, 4) is 11.5 Å². The van der Waals surface area contributed by atoms with Crippen LogP contribution < -0.4 is 14.4 Å². The number of ether oxygens (including phenoxy) is 2. The van der Waals surface area contributed by atoms with Crippen LogP contribution >= 0.6 is 0 Å². The van der Waals surface area contributed by atoms with Crippen LogP contribution in [0.5, 0.6) is 11.5 Å². The molecule has 2 aliphatic heterocycles. The van der Waals surface area contributed by atoms with Gasteiger partial charge in [0.1, 0.15) is 17.5 Å². The van der Waals surface area contributed by atoms with Crippen molar-refractivity contribution in [2.75, 3.05) is 19.1 Å². The van der Waals surface area contributed by atoms with Gasteiger partial charge in [-0.1, -0.05) is 24.3 Å². The van der Waals surface area contributed by atoms with E-state index in [9.17, 15) is 14.4 Å². The lowest BCUT2D eigenvalue weighted by Crippen LogP contribution is -2.67. The molecule has 3 aromatic rings. The van der Waals surface area contributed by atoms with Gasteiger partial charge in [-0.2, -0.15) is 0 Å². The van der Waals surface area contributed by atoms with Crippen molar-refractivity contribution >= 4 is 23.4 Å². The van der Waals surface area contributed by atoms with Crippen LogP contribution in [0.15, 0.2) is 72.8 Å². The van der Waals surface area contributed by atoms with E-state index in [1.807, 2.05) is 18.2 Å². The standard InChI is InChI=1S/C25H20N2O5/c1-31-17-12-10-16(11-13-17)26-21(15-6-5-7-18(14-15)32-2)22(25(26)30)27-23(28)19-8-3-4-9-20(19)24(27)29/h3-14,21-22H,1-2H3/t21-,22-/m1/s1. The fraction of sp³-hybridized carbons (Fsp3) is 0.160. The number of methoxy groups -OCH3 is 2. The molecule has 3 amide bonds. The Labute approximate surface area is 184 Å². The lowest BCUT2D eigenvalue weighted by atomic mass is 9.86. The van der Waals surface area contributed by atoms with Crippen LogP contribution in [-0.4, -0.2) is 42.9 Å². The molecular formula is C25H20N2O5. The molecule has 7 nitrogen and oxygen atoms in total. The monoisotopic (exact) mass is 428 g/mol. The first-order valence-corrected chi connectivity index (χ1v) is 10.1. The van der Waals surface area contributed by atoms with Crippen molar-refractivity contribution in [3.63, 3.8) is 0 Å². The summed E-state index contributed by atoms with van der Waals surface area (Å²) in [4.78, 5) is 42.3. The molecule has 160 valence electrons. The lowest BCUT2D eigenvalue weighted by molar-refractivity contribution is -0.130. The van der Waals surface area contributed by atoms with E-state index < -0.39 is 23.9 Å². The quantitative estimate of drug-likeness (QED) is 0.460. The molecule has 0 aromatic heterocycles. The van der Waals surface area contributed by atoms with Crippen molar-refractivity contribution in [2.24, 2.45) is 0 Å². The highest BCUT2D eigenvalue weighted by Crippen LogP contribution is 2.45. The third-order valence-electron chi connectivity index (χ3n) is 5.96. The summed E-state index contributed by atoms with van der Waals surface area (Å²) in [6.45, 7) is 0. The Hall–Kier alpha value is -4.13. The number of fused-ring (bicyclic) bond motifs is 1. The smallest absolute Gasteiger partial charge is 0.262 e. The first kappa shape index (κ1) is 19.8. The van der Waals surface area contributed by atoms with Gasteiger partial charge in [-0.3, -0.25) is 19.3 Å². The Morgan fingerprint density at radius 1 is 0.656 bits per heavy atom. The molecule has 2 atom stereocenters. The number of carbonyl (C=O) groups is 3. The normalized spacial score (nSPS) is 19.6. The average molecular weight is 428 g/mol. The fourth-order valence-electron chi connectivity index (χ4n) is 4.37. The summed E-state index contributed by atoms with van der Waals surface area (Å²) in [5.41, 5.74) is 2.05. The maximum Gasteiger partial charge on any atom is 0.262 e. The number of carbonyl (C=O) groups excluding carboxylic acids is 3. The third-order valence-corrected chi connectivity index (χ3v) is 5.96. The largest absolute Gasteiger partial charge is 0.497 e. The highest BCUT2D eigenvalue weighted by molar-refractivity contribution is 6.24. The molecule has 1 saturated heterocycles. The topological polar surface area (TPSA) is 76.2 Å². The van der Waals surface area contributed by atoms with Crippen molar-refractivity contribution in [1.82, 2.24) is 4.90 Å². The van der Waals surface area contributed by atoms with Crippen LogP contribution in [0.1, 0.15) is 32.3 Å². The first-order valence-electron chi connectivity index (χ1n) is 10.1. The Balaban J connectivity index is 1.58. The van der Waals surface area contributed by atoms with Gasteiger partial charge in [0.2, 0.25) is 0 Å². The number of nitrogens with zero attached hydrogens (tertiary/aromatic N) is 2. The summed E-state index contributed by atoms with van der Waals surface area (Å²) in [7, 11) is 3.13. The van der Waals surface area contributed by atoms with Crippen LogP contribution in [0, 0.1) is 0 Å². The second kappa shape index (κ2) is 7.53. The molecule has 7 heteroatoms. The molecule has 0 bridgehead atoms. The fourth-order valence-corrected chi connectivity index (χ4v) is 4.37. The predicted molar refractivity (Wildman–Crippen MR) is 117 cm³/mol. The van der Waals surface area contributed by atoms with Crippen molar-refractivity contribution in [1.29, 1.82) is 0 Å². The van der Waals surface area contributed by atoms with Crippen LogP contribution in [0.4, 0.5) is 5.69 Å². The van der Waals surface area contributed by atoms with Crippen molar-refractivity contribution in [3.05, 3.63) is 89.5 Å². The summed E-state index contributed by atoms with van der Waals surface area (Å²) in [6, 6.07) is 19.5. The molecule has 0 aliphatic carbocycles. The van der Waals surface area contributed by atoms with Crippen molar-refractivity contribution in [2.45, 2.75) is 12.1 Å². The molecule has 0 unspecified atom stereocenters. The van der Waals surface area contributed by atoms with Gasteiger partial charge in [-0.05, 0) is 54.1 Å². The molecule has 3 aromatic carbocycles. The average Bonchev–Trinajstić information content (AvgIpc) is 3.08. The molecule has 2 aliphatic rings. The van der Waals surface area contributed by atoms with Gasteiger partial charge in [0.05, 0.1) is 31.4 Å². The zero-order valence-electron chi connectivity index (χ0n) is 17.5. The van der Waals surface area contributed by atoms with E-state index in [-0.39, 0.29) is 5.91 Å². The van der Waals surface area contributed by atoms with E-state index in [1.54, 1.807) is 73.7 Å². The van der Waals surface area contributed by atoms with Gasteiger partial charge in [0, 0.05) is 5.69 Å². The second-order valence-corrected chi connectivity index (χ2v) is 7.60. The molecule has 1 fully saturated rings. The summed E-state index contributed by atoms with van der Waals surface area (Å²) < 4.78 is 10.6. The van der Waals surface area contributed by atoms with E-state index in [1.165, 1.54) is 0 Å². The number of benzene rings is 3. The maximum absolute atomic E-state index is 13.4. The molecular weight excluding hydrogens is 408 g/mol. The summed E-state index contributed by atoms with van der Waals surface area (Å²) in [5.74, 6) is 0.0594. The van der Waals surface area contributed by atoms with Gasteiger partial charge in [-0.15, -0.1) is 0 Å². The van der Waals surface area contributed by atoms with Gasteiger partial charge < -0.3 is 14.4 Å². The number of β-lactam (4-membered cyclic amide) rings is 1. The number of rotatable bonds is 5. The van der Waals surface area contributed by atoms with E-state index in [0.29, 0.717) is 28.3 Å². The number of amides is 3. The second-order valence-electron chi connectivity index (χ2n) is 7.60. The zero-order valence-corrected chi connectivity index (χ0v) is 17.5. The highest BCUT2D eigenvalue weighted by atomic mass is 16.5. The molecule has 0 spiro atoms. The minimum Gasteiger partial charge on any atom is -0.497 e. The molecule has 0 saturated carbocycles. The van der Waals surface area contributed by atoms with Gasteiger partial charge in [0.25, 0.3) is 17.7 Å². The zero-order chi connectivity index (χ0) is 22.4. The number of hydrogen-bond acceptors (Lipinski definition) is 5. The van der Waals surface area contributed by atoms with Gasteiger partial charge in [-0.25, -0.2) is 0 Å². The number of hydrogen-bond donors (Lipinski definition) is 0.